The molecule has 2 aromatic rings. The fourth-order valence-electron chi connectivity index (χ4n) is 3.71. The highest BCUT2D eigenvalue weighted by Gasteiger charge is 2.30. The van der Waals surface area contributed by atoms with Gasteiger partial charge in [-0.15, -0.1) is 0 Å². The van der Waals surface area contributed by atoms with Crippen molar-refractivity contribution in [3.05, 3.63) is 108 Å². The lowest BCUT2D eigenvalue weighted by molar-refractivity contribution is 0.369. The molecule has 0 radical (unpaired) electrons. The first kappa shape index (κ1) is 18.1. The standard InChI is InChI=1S/C24H24N2O2/c27-21-15-7-5-13-19(21)23(25-17-9-1-2-10-17)24(26-18-11-3-4-12-18)20-14-6-8-16-22(20)28/h1-11,13-17,23-28H,12H2/t23-,24+/m1/s1. The predicted octanol–water partition coefficient (Wildman–Crippen LogP) is 4.40. The van der Waals surface area contributed by atoms with Crippen LogP contribution in [0.2, 0.25) is 0 Å². The molecule has 4 heteroatoms. The van der Waals surface area contributed by atoms with E-state index in [1.165, 1.54) is 0 Å². The molecule has 4 nitrogen and oxygen atoms in total. The highest BCUT2D eigenvalue weighted by molar-refractivity contribution is 5.43. The summed E-state index contributed by atoms with van der Waals surface area (Å²) in [6.07, 6.45) is 15.1. The normalized spacial score (nSPS) is 17.6. The molecule has 0 heterocycles. The van der Waals surface area contributed by atoms with Crippen molar-refractivity contribution in [3.63, 3.8) is 0 Å². The van der Waals surface area contributed by atoms with Crippen molar-refractivity contribution in [2.45, 2.75) is 24.5 Å². The molecule has 0 saturated heterocycles. The second-order valence-corrected chi connectivity index (χ2v) is 7.00. The molecule has 28 heavy (non-hydrogen) atoms. The first-order valence-electron chi connectivity index (χ1n) is 9.51. The number of nitrogens with one attached hydrogen (secondary N) is 2. The van der Waals surface area contributed by atoms with Gasteiger partial charge in [0.1, 0.15) is 11.5 Å². The zero-order valence-corrected chi connectivity index (χ0v) is 15.5. The Balaban J connectivity index is 1.77. The van der Waals surface area contributed by atoms with Crippen molar-refractivity contribution >= 4 is 0 Å². The Bertz CT molecular complexity index is 947. The number of hydrogen-bond acceptors (Lipinski definition) is 4. The van der Waals surface area contributed by atoms with Gasteiger partial charge in [0.05, 0.1) is 12.1 Å². The second kappa shape index (κ2) is 8.19. The molecule has 2 aliphatic rings. The van der Waals surface area contributed by atoms with Crippen LogP contribution >= 0.6 is 0 Å². The van der Waals surface area contributed by atoms with E-state index in [2.05, 4.69) is 28.9 Å². The fourth-order valence-corrected chi connectivity index (χ4v) is 3.71. The van der Waals surface area contributed by atoms with Crippen LogP contribution in [-0.4, -0.2) is 16.3 Å². The van der Waals surface area contributed by atoms with E-state index in [1.807, 2.05) is 60.7 Å². The molecule has 0 unspecified atom stereocenters. The van der Waals surface area contributed by atoms with Crippen LogP contribution in [0.4, 0.5) is 0 Å². The Hall–Kier alpha value is -3.24. The Kier molecular flexibility index (Phi) is 5.31. The van der Waals surface area contributed by atoms with Crippen molar-refractivity contribution in [1.29, 1.82) is 0 Å². The van der Waals surface area contributed by atoms with Crippen LogP contribution in [-0.2, 0) is 0 Å². The number of para-hydroxylation sites is 2. The molecule has 0 saturated carbocycles. The Morgan fingerprint density at radius 3 is 1.96 bits per heavy atom. The molecule has 0 bridgehead atoms. The summed E-state index contributed by atoms with van der Waals surface area (Å²) < 4.78 is 0. The third-order valence-corrected chi connectivity index (χ3v) is 5.11. The Morgan fingerprint density at radius 2 is 1.39 bits per heavy atom. The van der Waals surface area contributed by atoms with Crippen LogP contribution in [0.15, 0.2) is 96.8 Å². The summed E-state index contributed by atoms with van der Waals surface area (Å²) in [7, 11) is 0. The zero-order valence-electron chi connectivity index (χ0n) is 15.5. The molecule has 2 aromatic carbocycles. The van der Waals surface area contributed by atoms with Crippen LogP contribution in [0.3, 0.4) is 0 Å². The molecule has 4 rings (SSSR count). The molecule has 0 fully saturated rings. The van der Waals surface area contributed by atoms with E-state index in [-0.39, 0.29) is 29.6 Å². The smallest absolute Gasteiger partial charge is 0.120 e. The van der Waals surface area contributed by atoms with Crippen LogP contribution < -0.4 is 10.6 Å². The molecular formula is C24H24N2O2. The van der Waals surface area contributed by atoms with Crippen molar-refractivity contribution in [2.24, 2.45) is 0 Å². The Labute approximate surface area is 165 Å². The third kappa shape index (κ3) is 3.87. The average Bonchev–Trinajstić information content (AvgIpc) is 3.40. The largest absolute Gasteiger partial charge is 0.508 e. The average molecular weight is 372 g/mol. The van der Waals surface area contributed by atoms with Gasteiger partial charge in [-0.05, 0) is 18.2 Å². The van der Waals surface area contributed by atoms with E-state index in [4.69, 9.17) is 0 Å². The maximum absolute atomic E-state index is 10.6. The maximum atomic E-state index is 10.6. The van der Waals surface area contributed by atoms with Crippen LogP contribution in [0, 0.1) is 0 Å². The monoisotopic (exact) mass is 372 g/mol. The highest BCUT2D eigenvalue weighted by Crippen LogP contribution is 2.38. The molecule has 0 spiro atoms. The van der Waals surface area contributed by atoms with Gasteiger partial charge in [0, 0.05) is 29.3 Å². The zero-order chi connectivity index (χ0) is 19.3. The van der Waals surface area contributed by atoms with Crippen LogP contribution in [0.5, 0.6) is 11.5 Å². The highest BCUT2D eigenvalue weighted by atomic mass is 16.3. The van der Waals surface area contributed by atoms with Crippen molar-refractivity contribution in [2.75, 3.05) is 0 Å². The fraction of sp³-hybridized carbons (Fsp3) is 0.167. The molecule has 0 aliphatic heterocycles. The van der Waals surface area contributed by atoms with Gasteiger partial charge in [0.25, 0.3) is 0 Å². The summed E-state index contributed by atoms with van der Waals surface area (Å²) in [6.45, 7) is 0. The van der Waals surface area contributed by atoms with E-state index < -0.39 is 0 Å². The Morgan fingerprint density at radius 1 is 0.786 bits per heavy atom. The predicted molar refractivity (Wildman–Crippen MR) is 112 cm³/mol. The van der Waals surface area contributed by atoms with Gasteiger partial charge >= 0.3 is 0 Å². The maximum Gasteiger partial charge on any atom is 0.120 e. The lowest BCUT2D eigenvalue weighted by Gasteiger charge is -2.33. The van der Waals surface area contributed by atoms with Gasteiger partial charge in [-0.3, -0.25) is 5.32 Å². The van der Waals surface area contributed by atoms with Crippen LogP contribution in [0.25, 0.3) is 0 Å². The molecule has 142 valence electrons. The van der Waals surface area contributed by atoms with E-state index in [9.17, 15) is 10.2 Å². The lowest BCUT2D eigenvalue weighted by Crippen LogP contribution is -2.38. The number of hydrogen-bond donors (Lipinski definition) is 4. The van der Waals surface area contributed by atoms with Gasteiger partial charge in [-0.2, -0.15) is 0 Å². The quantitative estimate of drug-likeness (QED) is 0.582. The number of phenolic OH excluding ortho intramolecular Hbond substituents is 2. The molecule has 2 atom stereocenters. The van der Waals surface area contributed by atoms with Gasteiger partial charge in [0.15, 0.2) is 0 Å². The minimum absolute atomic E-state index is 0.0513. The van der Waals surface area contributed by atoms with Gasteiger partial charge in [-0.1, -0.05) is 72.9 Å². The van der Waals surface area contributed by atoms with Gasteiger partial charge < -0.3 is 15.5 Å². The van der Waals surface area contributed by atoms with E-state index in [0.29, 0.717) is 0 Å². The summed E-state index contributed by atoms with van der Waals surface area (Å²) in [5, 5.41) is 28.4. The van der Waals surface area contributed by atoms with E-state index in [0.717, 1.165) is 23.2 Å². The van der Waals surface area contributed by atoms with Gasteiger partial charge in [0.2, 0.25) is 0 Å². The summed E-state index contributed by atoms with van der Waals surface area (Å²) in [4.78, 5) is 0. The minimum atomic E-state index is -0.275. The number of rotatable bonds is 7. The van der Waals surface area contributed by atoms with Gasteiger partial charge in [-0.25, -0.2) is 0 Å². The number of phenols is 2. The summed E-state index contributed by atoms with van der Waals surface area (Å²) in [6, 6.07) is 14.2. The molecule has 0 amide bonds. The van der Waals surface area contributed by atoms with Crippen LogP contribution in [0.1, 0.15) is 29.6 Å². The minimum Gasteiger partial charge on any atom is -0.508 e. The summed E-state index contributed by atoms with van der Waals surface area (Å²) in [5.74, 6) is 0.456. The number of allylic oxidation sites excluding steroid dienone is 5. The molecule has 2 aliphatic carbocycles. The second-order valence-electron chi connectivity index (χ2n) is 7.00. The van der Waals surface area contributed by atoms with Crippen molar-refractivity contribution in [1.82, 2.24) is 10.6 Å². The third-order valence-electron chi connectivity index (χ3n) is 5.11. The lowest BCUT2D eigenvalue weighted by atomic mass is 9.91. The van der Waals surface area contributed by atoms with Crippen molar-refractivity contribution in [3.8, 4) is 11.5 Å². The van der Waals surface area contributed by atoms with E-state index in [1.54, 1.807) is 12.1 Å². The first-order valence-corrected chi connectivity index (χ1v) is 9.51. The first-order chi connectivity index (χ1) is 13.7. The number of aromatic hydroxyl groups is 2. The molecule has 4 N–H and O–H groups in total. The molecule has 0 aromatic heterocycles. The SMILES string of the molecule is Oc1ccccc1[C@@H](NC1C=CC=C1)[C@@H](NC1=CC=CC1)c1ccccc1O. The molecular weight excluding hydrogens is 348 g/mol. The van der Waals surface area contributed by atoms with Crippen molar-refractivity contribution < 1.29 is 10.2 Å². The summed E-state index contributed by atoms with van der Waals surface area (Å²) in [5.41, 5.74) is 2.64. The number of benzene rings is 2. The topological polar surface area (TPSA) is 64.5 Å². The van der Waals surface area contributed by atoms with E-state index >= 15 is 0 Å². The summed E-state index contributed by atoms with van der Waals surface area (Å²) >= 11 is 0.